The molecule has 0 spiro atoms. The maximum Gasteiger partial charge on any atom is 0.124 e. The van der Waals surface area contributed by atoms with Gasteiger partial charge in [-0.05, 0) is 24.6 Å². The van der Waals surface area contributed by atoms with Crippen LogP contribution in [0.15, 0.2) is 55.0 Å². The van der Waals surface area contributed by atoms with Gasteiger partial charge >= 0.3 is 0 Å². The number of aliphatic hydroxyl groups is 1. The molecule has 0 amide bonds. The zero-order chi connectivity index (χ0) is 22.7. The van der Waals surface area contributed by atoms with Gasteiger partial charge in [0.15, 0.2) is 0 Å². The van der Waals surface area contributed by atoms with Crippen molar-refractivity contribution < 1.29 is 14.6 Å². The van der Waals surface area contributed by atoms with Crippen molar-refractivity contribution in [2.45, 2.75) is 19.4 Å². The van der Waals surface area contributed by atoms with Crippen LogP contribution in [0.5, 0.6) is 11.5 Å². The fourth-order valence-corrected chi connectivity index (χ4v) is 3.51. The highest BCUT2D eigenvalue weighted by Gasteiger charge is 2.17. The molecule has 1 atom stereocenters. The summed E-state index contributed by atoms with van der Waals surface area (Å²) in [6.07, 6.45) is 5.56. The molecule has 0 aliphatic rings. The van der Waals surface area contributed by atoms with Gasteiger partial charge in [-0.25, -0.2) is 4.98 Å². The number of methoxy groups -OCH3 is 2. The standard InChI is InChI=1S/C24H27N5O3/c1-5-19(30)15-29(18-8-20(31-3)11-21(9-18)32-4)17-6-7-22-23(10-17)27-24(13-25-22)16-12-26-28(2)14-16/h6-14,19,30H,5,15H2,1-4H3. The van der Waals surface area contributed by atoms with Crippen molar-refractivity contribution in [2.75, 3.05) is 25.7 Å². The van der Waals surface area contributed by atoms with E-state index in [1.165, 1.54) is 0 Å². The number of aliphatic hydroxyl groups excluding tert-OH is 1. The number of rotatable bonds is 8. The molecule has 166 valence electrons. The highest BCUT2D eigenvalue weighted by molar-refractivity contribution is 5.82. The summed E-state index contributed by atoms with van der Waals surface area (Å²) in [6, 6.07) is 11.6. The Bertz CT molecular complexity index is 1200. The topological polar surface area (TPSA) is 85.5 Å². The lowest BCUT2D eigenvalue weighted by molar-refractivity contribution is 0.178. The summed E-state index contributed by atoms with van der Waals surface area (Å²) in [5.41, 5.74) is 4.95. The van der Waals surface area contributed by atoms with E-state index >= 15 is 0 Å². The normalized spacial score (nSPS) is 12.0. The van der Waals surface area contributed by atoms with Gasteiger partial charge in [-0.2, -0.15) is 5.10 Å². The molecule has 4 aromatic rings. The quantitative estimate of drug-likeness (QED) is 0.450. The summed E-state index contributed by atoms with van der Waals surface area (Å²) in [5, 5.41) is 14.7. The molecule has 32 heavy (non-hydrogen) atoms. The molecule has 0 bridgehead atoms. The fourth-order valence-electron chi connectivity index (χ4n) is 3.51. The molecule has 4 rings (SSSR count). The van der Waals surface area contributed by atoms with Gasteiger partial charge in [-0.3, -0.25) is 9.67 Å². The molecule has 0 fully saturated rings. The lowest BCUT2D eigenvalue weighted by Gasteiger charge is -2.28. The first-order valence-corrected chi connectivity index (χ1v) is 10.4. The van der Waals surface area contributed by atoms with Crippen molar-refractivity contribution in [2.24, 2.45) is 7.05 Å². The highest BCUT2D eigenvalue weighted by atomic mass is 16.5. The Labute approximate surface area is 187 Å². The second-order valence-electron chi connectivity index (χ2n) is 7.57. The second kappa shape index (κ2) is 9.23. The van der Waals surface area contributed by atoms with Gasteiger partial charge in [0.05, 0.1) is 49.4 Å². The van der Waals surface area contributed by atoms with Crippen LogP contribution in [-0.2, 0) is 7.05 Å². The van der Waals surface area contributed by atoms with E-state index in [1.54, 1.807) is 31.3 Å². The molecule has 1 unspecified atom stereocenters. The number of hydrogen-bond donors (Lipinski definition) is 1. The summed E-state index contributed by atoms with van der Waals surface area (Å²) in [4.78, 5) is 11.4. The molecule has 2 heterocycles. The van der Waals surface area contributed by atoms with Gasteiger partial charge < -0.3 is 19.5 Å². The van der Waals surface area contributed by atoms with Crippen molar-refractivity contribution >= 4 is 22.4 Å². The van der Waals surface area contributed by atoms with E-state index in [0.717, 1.165) is 33.7 Å². The SMILES string of the molecule is CCC(O)CN(c1cc(OC)cc(OC)c1)c1ccc2ncc(-c3cnn(C)c3)nc2c1. The predicted octanol–water partition coefficient (Wildman–Crippen LogP) is 3.96. The zero-order valence-corrected chi connectivity index (χ0v) is 18.7. The second-order valence-corrected chi connectivity index (χ2v) is 7.57. The molecular weight excluding hydrogens is 406 g/mol. The van der Waals surface area contributed by atoms with E-state index in [0.29, 0.717) is 24.5 Å². The van der Waals surface area contributed by atoms with Crippen LogP contribution in [0.2, 0.25) is 0 Å². The van der Waals surface area contributed by atoms with E-state index in [4.69, 9.17) is 14.5 Å². The number of aryl methyl sites for hydroxylation is 1. The Morgan fingerprint density at radius 1 is 1.00 bits per heavy atom. The Morgan fingerprint density at radius 3 is 2.38 bits per heavy atom. The lowest BCUT2D eigenvalue weighted by atomic mass is 10.1. The maximum atomic E-state index is 10.5. The minimum absolute atomic E-state index is 0.411. The molecule has 0 aliphatic carbocycles. The summed E-state index contributed by atoms with van der Waals surface area (Å²) in [7, 11) is 5.11. The van der Waals surface area contributed by atoms with E-state index in [2.05, 4.69) is 10.1 Å². The third-order valence-corrected chi connectivity index (χ3v) is 5.35. The van der Waals surface area contributed by atoms with Gasteiger partial charge in [0.1, 0.15) is 11.5 Å². The van der Waals surface area contributed by atoms with Crippen molar-refractivity contribution in [3.05, 3.63) is 55.0 Å². The third kappa shape index (κ3) is 4.50. The van der Waals surface area contributed by atoms with Crippen LogP contribution in [0.25, 0.3) is 22.3 Å². The van der Waals surface area contributed by atoms with Gasteiger partial charge in [-0.1, -0.05) is 6.92 Å². The number of aromatic nitrogens is 4. The zero-order valence-electron chi connectivity index (χ0n) is 18.7. The van der Waals surface area contributed by atoms with Crippen molar-refractivity contribution in [1.82, 2.24) is 19.7 Å². The van der Waals surface area contributed by atoms with E-state index in [9.17, 15) is 5.11 Å². The van der Waals surface area contributed by atoms with E-state index < -0.39 is 6.10 Å². The van der Waals surface area contributed by atoms with Gasteiger partial charge in [0, 0.05) is 54.9 Å². The molecule has 1 N–H and O–H groups in total. The summed E-state index contributed by atoms with van der Waals surface area (Å²) < 4.78 is 12.6. The minimum Gasteiger partial charge on any atom is -0.497 e. The van der Waals surface area contributed by atoms with Gasteiger partial charge in [0.25, 0.3) is 0 Å². The van der Waals surface area contributed by atoms with E-state index in [1.807, 2.05) is 61.5 Å². The largest absolute Gasteiger partial charge is 0.497 e. The summed E-state index contributed by atoms with van der Waals surface area (Å²) in [6.45, 7) is 2.37. The lowest BCUT2D eigenvalue weighted by Crippen LogP contribution is -2.28. The van der Waals surface area contributed by atoms with Crippen LogP contribution in [0.1, 0.15) is 13.3 Å². The average Bonchev–Trinajstić information content (AvgIpc) is 3.27. The first kappa shape index (κ1) is 21.6. The van der Waals surface area contributed by atoms with Crippen molar-refractivity contribution in [1.29, 1.82) is 0 Å². The number of nitrogens with zero attached hydrogens (tertiary/aromatic N) is 5. The molecule has 2 aromatic carbocycles. The number of benzene rings is 2. The van der Waals surface area contributed by atoms with Crippen molar-refractivity contribution in [3.8, 4) is 22.8 Å². The Kier molecular flexibility index (Phi) is 6.23. The predicted molar refractivity (Wildman–Crippen MR) is 125 cm³/mol. The number of anilines is 2. The van der Waals surface area contributed by atoms with Gasteiger partial charge in [-0.15, -0.1) is 0 Å². The Morgan fingerprint density at radius 2 is 1.75 bits per heavy atom. The van der Waals surface area contributed by atoms with Crippen LogP contribution < -0.4 is 14.4 Å². The molecular formula is C24H27N5O3. The van der Waals surface area contributed by atoms with Gasteiger partial charge in [0.2, 0.25) is 0 Å². The van der Waals surface area contributed by atoms with E-state index in [-0.39, 0.29) is 0 Å². The molecule has 8 nitrogen and oxygen atoms in total. The molecule has 2 aromatic heterocycles. The fraction of sp³-hybridized carbons (Fsp3) is 0.292. The number of ether oxygens (including phenoxy) is 2. The molecule has 0 radical (unpaired) electrons. The van der Waals surface area contributed by atoms with Crippen LogP contribution in [-0.4, -0.2) is 51.7 Å². The summed E-state index contributed by atoms with van der Waals surface area (Å²) >= 11 is 0. The Balaban J connectivity index is 1.80. The third-order valence-electron chi connectivity index (χ3n) is 5.35. The summed E-state index contributed by atoms with van der Waals surface area (Å²) in [5.74, 6) is 1.35. The molecule has 0 saturated carbocycles. The van der Waals surface area contributed by atoms with Crippen molar-refractivity contribution in [3.63, 3.8) is 0 Å². The van der Waals surface area contributed by atoms with Crippen LogP contribution in [0.4, 0.5) is 11.4 Å². The Hall–Kier alpha value is -3.65. The smallest absolute Gasteiger partial charge is 0.124 e. The maximum absolute atomic E-state index is 10.5. The average molecular weight is 434 g/mol. The number of fused-ring (bicyclic) bond motifs is 1. The molecule has 0 saturated heterocycles. The minimum atomic E-state index is -0.504. The first-order chi connectivity index (χ1) is 15.5. The highest BCUT2D eigenvalue weighted by Crippen LogP contribution is 2.34. The number of hydrogen-bond acceptors (Lipinski definition) is 7. The molecule has 8 heteroatoms. The monoisotopic (exact) mass is 433 g/mol. The molecule has 0 aliphatic heterocycles. The first-order valence-electron chi connectivity index (χ1n) is 10.4. The van der Waals surface area contributed by atoms with Crippen LogP contribution in [0.3, 0.4) is 0 Å². The van der Waals surface area contributed by atoms with Crippen LogP contribution in [0, 0.1) is 0 Å². The van der Waals surface area contributed by atoms with Crippen LogP contribution >= 0.6 is 0 Å².